The summed E-state index contributed by atoms with van der Waals surface area (Å²) in [5.41, 5.74) is 7.58. The number of benzene rings is 2. The number of carbonyl (C=O) groups excluding carboxylic acids is 1. The van der Waals surface area contributed by atoms with Crippen molar-refractivity contribution in [3.63, 3.8) is 0 Å². The SMILES string of the molecule is CC1Oc2ccccc2N(Cc2cc(F)ccc2N)C1=O. The van der Waals surface area contributed by atoms with E-state index in [2.05, 4.69) is 0 Å². The van der Waals surface area contributed by atoms with Crippen molar-refractivity contribution in [2.45, 2.75) is 19.6 Å². The molecule has 0 fully saturated rings. The normalized spacial score (nSPS) is 17.3. The molecule has 1 aliphatic heterocycles. The molecule has 21 heavy (non-hydrogen) atoms. The van der Waals surface area contributed by atoms with Gasteiger partial charge in [-0.25, -0.2) is 4.39 Å². The van der Waals surface area contributed by atoms with Crippen molar-refractivity contribution in [1.29, 1.82) is 0 Å². The van der Waals surface area contributed by atoms with E-state index in [-0.39, 0.29) is 18.3 Å². The van der Waals surface area contributed by atoms with Gasteiger partial charge in [0.1, 0.15) is 11.6 Å². The fourth-order valence-corrected chi connectivity index (χ4v) is 2.40. The first-order chi connectivity index (χ1) is 10.1. The Hall–Kier alpha value is -2.56. The topological polar surface area (TPSA) is 55.6 Å². The number of carbonyl (C=O) groups is 1. The van der Waals surface area contributed by atoms with E-state index in [1.807, 2.05) is 12.1 Å². The van der Waals surface area contributed by atoms with E-state index in [1.165, 1.54) is 18.2 Å². The summed E-state index contributed by atoms with van der Waals surface area (Å²) in [7, 11) is 0. The summed E-state index contributed by atoms with van der Waals surface area (Å²) < 4.78 is 19.0. The predicted molar refractivity (Wildman–Crippen MR) is 78.5 cm³/mol. The lowest BCUT2D eigenvalue weighted by atomic mass is 10.1. The van der Waals surface area contributed by atoms with Crippen molar-refractivity contribution >= 4 is 17.3 Å². The molecule has 5 heteroatoms. The molecule has 2 aromatic carbocycles. The molecule has 0 spiro atoms. The van der Waals surface area contributed by atoms with Crippen molar-refractivity contribution in [2.75, 3.05) is 10.6 Å². The number of hydrogen-bond donors (Lipinski definition) is 1. The second-order valence-electron chi connectivity index (χ2n) is 5.00. The number of ether oxygens (including phenoxy) is 1. The molecule has 1 atom stereocenters. The summed E-state index contributed by atoms with van der Waals surface area (Å²) in [5, 5.41) is 0. The molecule has 0 saturated carbocycles. The van der Waals surface area contributed by atoms with Crippen LogP contribution in [0.1, 0.15) is 12.5 Å². The number of nitrogen functional groups attached to an aromatic ring is 1. The minimum atomic E-state index is -0.574. The molecule has 2 N–H and O–H groups in total. The summed E-state index contributed by atoms with van der Waals surface area (Å²) in [6, 6.07) is 11.4. The number of rotatable bonds is 2. The third-order valence-corrected chi connectivity index (χ3v) is 3.51. The van der Waals surface area contributed by atoms with Crippen LogP contribution in [0.3, 0.4) is 0 Å². The number of fused-ring (bicyclic) bond motifs is 1. The van der Waals surface area contributed by atoms with E-state index in [0.29, 0.717) is 22.7 Å². The molecule has 1 amide bonds. The van der Waals surface area contributed by atoms with Gasteiger partial charge in [0, 0.05) is 5.69 Å². The lowest BCUT2D eigenvalue weighted by Gasteiger charge is -2.33. The van der Waals surface area contributed by atoms with Gasteiger partial charge >= 0.3 is 0 Å². The van der Waals surface area contributed by atoms with Gasteiger partial charge in [-0.05, 0) is 42.8 Å². The number of hydrogen-bond acceptors (Lipinski definition) is 3. The molecule has 4 nitrogen and oxygen atoms in total. The number of anilines is 2. The Bertz CT molecular complexity index is 702. The number of nitrogens with zero attached hydrogens (tertiary/aromatic N) is 1. The van der Waals surface area contributed by atoms with Crippen LogP contribution >= 0.6 is 0 Å². The highest BCUT2D eigenvalue weighted by Crippen LogP contribution is 2.35. The van der Waals surface area contributed by atoms with Crippen LogP contribution in [0.25, 0.3) is 0 Å². The van der Waals surface area contributed by atoms with E-state index in [1.54, 1.807) is 24.0 Å². The van der Waals surface area contributed by atoms with Gasteiger partial charge in [0.05, 0.1) is 12.2 Å². The van der Waals surface area contributed by atoms with E-state index in [4.69, 9.17) is 10.5 Å². The van der Waals surface area contributed by atoms with Gasteiger partial charge < -0.3 is 15.4 Å². The first-order valence-corrected chi connectivity index (χ1v) is 6.67. The first kappa shape index (κ1) is 13.4. The zero-order valence-corrected chi connectivity index (χ0v) is 11.5. The second-order valence-corrected chi connectivity index (χ2v) is 5.00. The Balaban J connectivity index is 2.01. The number of halogens is 1. The molecule has 0 saturated heterocycles. The smallest absolute Gasteiger partial charge is 0.268 e. The maximum Gasteiger partial charge on any atom is 0.268 e. The van der Waals surface area contributed by atoms with Crippen LogP contribution in [-0.4, -0.2) is 12.0 Å². The van der Waals surface area contributed by atoms with Crippen LogP contribution in [0.2, 0.25) is 0 Å². The van der Waals surface area contributed by atoms with Crippen molar-refractivity contribution in [3.8, 4) is 5.75 Å². The lowest BCUT2D eigenvalue weighted by molar-refractivity contribution is -0.125. The monoisotopic (exact) mass is 286 g/mol. The van der Waals surface area contributed by atoms with Gasteiger partial charge in [-0.3, -0.25) is 4.79 Å². The van der Waals surface area contributed by atoms with Crippen LogP contribution < -0.4 is 15.4 Å². The zero-order chi connectivity index (χ0) is 15.0. The molecule has 0 bridgehead atoms. The zero-order valence-electron chi connectivity index (χ0n) is 11.5. The van der Waals surface area contributed by atoms with Crippen molar-refractivity contribution in [2.24, 2.45) is 0 Å². The largest absolute Gasteiger partial charge is 0.479 e. The molecule has 108 valence electrons. The standard InChI is InChI=1S/C16H15FN2O2/c1-10-16(20)19(14-4-2-3-5-15(14)21-10)9-11-8-12(17)6-7-13(11)18/h2-8,10H,9,18H2,1H3. The molecule has 1 aliphatic rings. The predicted octanol–water partition coefficient (Wildman–Crippen LogP) is 2.72. The van der Waals surface area contributed by atoms with Gasteiger partial charge in [-0.1, -0.05) is 12.1 Å². The van der Waals surface area contributed by atoms with Crippen LogP contribution in [-0.2, 0) is 11.3 Å². The highest BCUT2D eigenvalue weighted by molar-refractivity contribution is 5.99. The Morgan fingerprint density at radius 3 is 2.86 bits per heavy atom. The maximum absolute atomic E-state index is 13.4. The highest BCUT2D eigenvalue weighted by Gasteiger charge is 2.31. The molecule has 2 aromatic rings. The Morgan fingerprint density at radius 2 is 2.05 bits per heavy atom. The summed E-state index contributed by atoms with van der Waals surface area (Å²) in [5.74, 6) is 0.0955. The van der Waals surface area contributed by atoms with Gasteiger partial charge in [0.15, 0.2) is 6.10 Å². The summed E-state index contributed by atoms with van der Waals surface area (Å²) in [4.78, 5) is 13.9. The molecule has 1 unspecified atom stereocenters. The van der Waals surface area contributed by atoms with Gasteiger partial charge in [-0.15, -0.1) is 0 Å². The van der Waals surface area contributed by atoms with E-state index >= 15 is 0 Å². The fraction of sp³-hybridized carbons (Fsp3) is 0.188. The minimum Gasteiger partial charge on any atom is -0.479 e. The molecule has 0 radical (unpaired) electrons. The molecule has 1 heterocycles. The molecule has 0 aromatic heterocycles. The number of amides is 1. The second kappa shape index (κ2) is 5.09. The third kappa shape index (κ3) is 2.42. The first-order valence-electron chi connectivity index (χ1n) is 6.67. The molecule has 3 rings (SSSR count). The quantitative estimate of drug-likeness (QED) is 0.864. The third-order valence-electron chi connectivity index (χ3n) is 3.51. The maximum atomic E-state index is 13.4. The summed E-state index contributed by atoms with van der Waals surface area (Å²) >= 11 is 0. The lowest BCUT2D eigenvalue weighted by Crippen LogP contribution is -2.44. The van der Waals surface area contributed by atoms with Crippen LogP contribution in [0, 0.1) is 5.82 Å². The van der Waals surface area contributed by atoms with Crippen molar-refractivity contribution in [3.05, 3.63) is 53.8 Å². The van der Waals surface area contributed by atoms with Gasteiger partial charge in [-0.2, -0.15) is 0 Å². The summed E-state index contributed by atoms with van der Waals surface area (Å²) in [6.45, 7) is 1.91. The average Bonchev–Trinajstić information content (AvgIpc) is 2.47. The van der Waals surface area contributed by atoms with Crippen LogP contribution in [0.4, 0.5) is 15.8 Å². The Morgan fingerprint density at radius 1 is 1.29 bits per heavy atom. The number of para-hydroxylation sites is 2. The summed E-state index contributed by atoms with van der Waals surface area (Å²) in [6.07, 6.45) is -0.574. The molecular formula is C16H15FN2O2. The Labute approximate surface area is 121 Å². The number of nitrogens with two attached hydrogens (primary N) is 1. The van der Waals surface area contributed by atoms with Crippen LogP contribution in [0.5, 0.6) is 5.75 Å². The van der Waals surface area contributed by atoms with E-state index in [0.717, 1.165) is 0 Å². The van der Waals surface area contributed by atoms with Crippen LogP contribution in [0.15, 0.2) is 42.5 Å². The molecule has 0 aliphatic carbocycles. The highest BCUT2D eigenvalue weighted by atomic mass is 19.1. The van der Waals surface area contributed by atoms with E-state index in [9.17, 15) is 9.18 Å². The van der Waals surface area contributed by atoms with Crippen molar-refractivity contribution in [1.82, 2.24) is 0 Å². The molecular weight excluding hydrogens is 271 g/mol. The van der Waals surface area contributed by atoms with E-state index < -0.39 is 6.10 Å². The fourth-order valence-electron chi connectivity index (χ4n) is 2.40. The Kier molecular flexibility index (Phi) is 3.25. The minimum absolute atomic E-state index is 0.169. The van der Waals surface area contributed by atoms with Gasteiger partial charge in [0.2, 0.25) is 0 Å². The average molecular weight is 286 g/mol. The van der Waals surface area contributed by atoms with Crippen molar-refractivity contribution < 1.29 is 13.9 Å². The van der Waals surface area contributed by atoms with Gasteiger partial charge in [0.25, 0.3) is 5.91 Å².